The van der Waals surface area contributed by atoms with Gasteiger partial charge in [-0.25, -0.2) is 0 Å². The van der Waals surface area contributed by atoms with Crippen molar-refractivity contribution in [3.63, 3.8) is 0 Å². The van der Waals surface area contributed by atoms with Crippen LogP contribution in [0.15, 0.2) is 12.1 Å². The van der Waals surface area contributed by atoms with Gasteiger partial charge in [0.05, 0.1) is 12.7 Å². The molecule has 3 nitrogen and oxygen atoms in total. The second-order valence-corrected chi connectivity index (χ2v) is 5.09. The number of fused-ring (bicyclic) bond motifs is 1. The molecule has 0 fully saturated rings. The van der Waals surface area contributed by atoms with Gasteiger partial charge < -0.3 is 14.7 Å². The molecule has 1 heterocycles. The highest BCUT2D eigenvalue weighted by Crippen LogP contribution is 2.35. The van der Waals surface area contributed by atoms with E-state index < -0.39 is 6.10 Å². The first-order valence-electron chi connectivity index (χ1n) is 6.09. The second kappa shape index (κ2) is 4.67. The molecule has 1 aromatic rings. The van der Waals surface area contributed by atoms with Gasteiger partial charge >= 0.3 is 0 Å². The van der Waals surface area contributed by atoms with Crippen LogP contribution in [0.5, 0.6) is 5.75 Å². The predicted molar refractivity (Wildman–Crippen MR) is 68.5 cm³/mol. The molecule has 2 unspecified atom stereocenters. The Hall–Kier alpha value is -1.06. The van der Waals surface area contributed by atoms with Crippen LogP contribution in [0.3, 0.4) is 0 Å². The van der Waals surface area contributed by atoms with Crippen molar-refractivity contribution in [1.82, 2.24) is 4.90 Å². The van der Waals surface area contributed by atoms with Crippen LogP contribution < -0.4 is 4.74 Å². The summed E-state index contributed by atoms with van der Waals surface area (Å²) in [7, 11) is 4.00. The third kappa shape index (κ3) is 2.31. The molecular formula is C14H21NO2. The molecular weight excluding hydrogens is 214 g/mol. The van der Waals surface area contributed by atoms with E-state index in [1.54, 1.807) is 0 Å². The van der Waals surface area contributed by atoms with Crippen LogP contribution in [-0.4, -0.2) is 36.8 Å². The first-order valence-corrected chi connectivity index (χ1v) is 6.09. The maximum absolute atomic E-state index is 10.5. The molecule has 2 rings (SSSR count). The average molecular weight is 235 g/mol. The Morgan fingerprint density at radius 3 is 2.53 bits per heavy atom. The summed E-state index contributed by atoms with van der Waals surface area (Å²) in [6, 6.07) is 4.21. The van der Waals surface area contributed by atoms with Crippen molar-refractivity contribution in [3.8, 4) is 5.75 Å². The van der Waals surface area contributed by atoms with Gasteiger partial charge in [-0.3, -0.25) is 0 Å². The fraction of sp³-hybridized carbons (Fsp3) is 0.571. The molecule has 1 aliphatic rings. The molecule has 0 aliphatic carbocycles. The largest absolute Gasteiger partial charge is 0.493 e. The summed E-state index contributed by atoms with van der Waals surface area (Å²) in [5.74, 6) is 0.838. The number of nitrogens with zero attached hydrogens (tertiary/aromatic N) is 1. The van der Waals surface area contributed by atoms with Crippen LogP contribution in [0.2, 0.25) is 0 Å². The molecule has 1 aliphatic heterocycles. The molecule has 0 aromatic heterocycles. The average Bonchev–Trinajstić information content (AvgIpc) is 2.41. The summed E-state index contributed by atoms with van der Waals surface area (Å²) in [4.78, 5) is 2.07. The summed E-state index contributed by atoms with van der Waals surface area (Å²) in [5.41, 5.74) is 3.33. The zero-order chi connectivity index (χ0) is 12.6. The lowest BCUT2D eigenvalue weighted by molar-refractivity contribution is 0.0719. The zero-order valence-electron chi connectivity index (χ0n) is 11.0. The van der Waals surface area contributed by atoms with E-state index in [9.17, 15) is 5.11 Å². The molecule has 0 saturated carbocycles. The number of ether oxygens (including phenoxy) is 1. The maximum Gasteiger partial charge on any atom is 0.125 e. The summed E-state index contributed by atoms with van der Waals surface area (Å²) < 4.78 is 5.75. The monoisotopic (exact) mass is 235 g/mol. The van der Waals surface area contributed by atoms with Gasteiger partial charge in [0.15, 0.2) is 0 Å². The minimum absolute atomic E-state index is 0.123. The van der Waals surface area contributed by atoms with E-state index in [1.807, 2.05) is 20.2 Å². The fourth-order valence-electron chi connectivity index (χ4n) is 2.36. The molecule has 17 heavy (non-hydrogen) atoms. The first kappa shape index (κ1) is 12.4. The number of hydrogen-bond acceptors (Lipinski definition) is 3. The third-order valence-electron chi connectivity index (χ3n) is 3.64. The van der Waals surface area contributed by atoms with Crippen LogP contribution in [0.25, 0.3) is 0 Å². The molecule has 0 spiro atoms. The molecule has 0 saturated heterocycles. The normalized spacial score (nSPS) is 24.1. The Bertz CT molecular complexity index is 415. The van der Waals surface area contributed by atoms with Crippen molar-refractivity contribution in [2.24, 2.45) is 0 Å². The SMILES string of the molecule is Cc1cc2c(cc1C)C(O)C(N(C)C)CCO2. The summed E-state index contributed by atoms with van der Waals surface area (Å²) in [6.45, 7) is 4.80. The van der Waals surface area contributed by atoms with E-state index in [0.717, 1.165) is 17.7 Å². The lowest BCUT2D eigenvalue weighted by Crippen LogP contribution is -2.34. The van der Waals surface area contributed by atoms with Gasteiger partial charge in [-0.15, -0.1) is 0 Å². The molecule has 3 heteroatoms. The highest BCUT2D eigenvalue weighted by molar-refractivity contribution is 5.44. The number of aliphatic hydroxyl groups is 1. The molecule has 0 radical (unpaired) electrons. The number of benzene rings is 1. The Kier molecular flexibility index (Phi) is 3.40. The molecule has 0 amide bonds. The minimum Gasteiger partial charge on any atom is -0.493 e. The number of rotatable bonds is 1. The van der Waals surface area contributed by atoms with Crippen molar-refractivity contribution in [1.29, 1.82) is 0 Å². The van der Waals surface area contributed by atoms with Gasteiger partial charge in [0, 0.05) is 11.6 Å². The quantitative estimate of drug-likeness (QED) is 0.808. The first-order chi connectivity index (χ1) is 8.00. The van der Waals surface area contributed by atoms with E-state index in [2.05, 4.69) is 24.8 Å². The molecule has 2 atom stereocenters. The maximum atomic E-state index is 10.5. The zero-order valence-corrected chi connectivity index (χ0v) is 11.0. The van der Waals surface area contributed by atoms with Crippen molar-refractivity contribution in [2.75, 3.05) is 20.7 Å². The van der Waals surface area contributed by atoms with Crippen LogP contribution in [0.1, 0.15) is 29.2 Å². The molecule has 0 bridgehead atoms. The van der Waals surface area contributed by atoms with Crippen molar-refractivity contribution in [2.45, 2.75) is 32.4 Å². The topological polar surface area (TPSA) is 32.7 Å². The predicted octanol–water partition coefficient (Wildman–Crippen LogP) is 2.05. The molecule has 1 aromatic carbocycles. The number of hydrogen-bond donors (Lipinski definition) is 1. The van der Waals surface area contributed by atoms with Gasteiger partial charge in [0.1, 0.15) is 5.75 Å². The Morgan fingerprint density at radius 2 is 1.88 bits per heavy atom. The highest BCUT2D eigenvalue weighted by atomic mass is 16.5. The highest BCUT2D eigenvalue weighted by Gasteiger charge is 2.28. The number of aryl methyl sites for hydroxylation is 2. The summed E-state index contributed by atoms with van der Waals surface area (Å²) >= 11 is 0. The van der Waals surface area contributed by atoms with Crippen molar-refractivity contribution < 1.29 is 9.84 Å². The molecule has 1 N–H and O–H groups in total. The smallest absolute Gasteiger partial charge is 0.125 e. The Balaban J connectivity index is 2.44. The van der Waals surface area contributed by atoms with Crippen LogP contribution >= 0.6 is 0 Å². The van der Waals surface area contributed by atoms with Gasteiger partial charge in [-0.05, 0) is 57.6 Å². The van der Waals surface area contributed by atoms with Gasteiger partial charge in [0.2, 0.25) is 0 Å². The standard InChI is InChI=1S/C14H21NO2/c1-9-7-11-13(8-10(9)2)17-6-5-12(14(11)16)15(3)4/h7-8,12,14,16H,5-6H2,1-4H3. The summed E-state index contributed by atoms with van der Waals surface area (Å²) in [6.07, 6.45) is 0.378. The Morgan fingerprint density at radius 1 is 1.24 bits per heavy atom. The van der Waals surface area contributed by atoms with Gasteiger partial charge in [0.25, 0.3) is 0 Å². The van der Waals surface area contributed by atoms with E-state index in [4.69, 9.17) is 4.74 Å². The van der Waals surface area contributed by atoms with E-state index in [1.165, 1.54) is 11.1 Å². The second-order valence-electron chi connectivity index (χ2n) is 5.09. The van der Waals surface area contributed by atoms with Gasteiger partial charge in [-0.1, -0.05) is 0 Å². The lowest BCUT2D eigenvalue weighted by atomic mass is 9.96. The fourth-order valence-corrected chi connectivity index (χ4v) is 2.36. The van der Waals surface area contributed by atoms with Crippen LogP contribution in [-0.2, 0) is 0 Å². The third-order valence-corrected chi connectivity index (χ3v) is 3.64. The minimum atomic E-state index is -0.471. The number of aliphatic hydroxyl groups excluding tert-OH is 1. The lowest BCUT2D eigenvalue weighted by Gasteiger charge is -2.27. The van der Waals surface area contributed by atoms with E-state index in [0.29, 0.717) is 6.61 Å². The van der Waals surface area contributed by atoms with Crippen LogP contribution in [0.4, 0.5) is 0 Å². The Labute approximate surface area is 103 Å². The van der Waals surface area contributed by atoms with Crippen LogP contribution in [0, 0.1) is 13.8 Å². The van der Waals surface area contributed by atoms with Crippen molar-refractivity contribution >= 4 is 0 Å². The van der Waals surface area contributed by atoms with Gasteiger partial charge in [-0.2, -0.15) is 0 Å². The summed E-state index contributed by atoms with van der Waals surface area (Å²) in [5, 5.41) is 10.5. The number of likely N-dealkylation sites (N-methyl/N-ethyl adjacent to an activating group) is 1. The van der Waals surface area contributed by atoms with E-state index >= 15 is 0 Å². The molecule has 94 valence electrons. The van der Waals surface area contributed by atoms with E-state index in [-0.39, 0.29) is 6.04 Å². The van der Waals surface area contributed by atoms with Crippen molar-refractivity contribution in [3.05, 3.63) is 28.8 Å².